The second-order valence-corrected chi connectivity index (χ2v) is 7.01. The van der Waals surface area contributed by atoms with Crippen molar-refractivity contribution in [3.05, 3.63) is 58.1 Å². The van der Waals surface area contributed by atoms with Crippen LogP contribution in [0.1, 0.15) is 32.1 Å². The van der Waals surface area contributed by atoms with Crippen molar-refractivity contribution in [2.75, 3.05) is 0 Å². The van der Waals surface area contributed by atoms with Crippen LogP contribution >= 0.6 is 31.8 Å². The van der Waals surface area contributed by atoms with Crippen molar-refractivity contribution < 1.29 is 29.8 Å². The molecule has 0 N–H and O–H groups in total. The molecule has 23 heavy (non-hydrogen) atoms. The molecule has 2 nitrogen and oxygen atoms in total. The van der Waals surface area contributed by atoms with Crippen LogP contribution in [0.5, 0.6) is 5.75 Å². The first-order chi connectivity index (χ1) is 10.5. The molecule has 0 saturated carbocycles. The Morgan fingerprint density at radius 1 is 1.17 bits per heavy atom. The third-order valence-corrected chi connectivity index (χ3v) is 4.94. The molecule has 118 valence electrons. The van der Waals surface area contributed by atoms with E-state index in [0.29, 0.717) is 15.6 Å². The van der Waals surface area contributed by atoms with Crippen molar-refractivity contribution in [3.8, 4) is 5.75 Å². The van der Waals surface area contributed by atoms with Gasteiger partial charge in [-0.05, 0) is 51.5 Å². The van der Waals surface area contributed by atoms with Gasteiger partial charge < -0.3 is 6.16 Å². The first kappa shape index (κ1) is 20.6. The Kier molecular flexibility index (Phi) is 8.70. The first-order valence-corrected chi connectivity index (χ1v) is 8.79. The van der Waals surface area contributed by atoms with Gasteiger partial charge in [-0.2, -0.15) is 0 Å². The molecule has 2 aromatic carbocycles. The van der Waals surface area contributed by atoms with Crippen LogP contribution in [0, 0.1) is 0 Å². The monoisotopic (exact) mass is 362 g/mol. The Hall–Kier alpha value is -0.483. The van der Waals surface area contributed by atoms with Crippen LogP contribution in [0.4, 0.5) is 0 Å². The van der Waals surface area contributed by atoms with E-state index in [-0.39, 0.29) is 40.5 Å². The standard InChI is InChI=1S/C17H17Cl2O2P.Li.H/c1-3-11(2)21-12-7-9-13(10-8-12)22-17(20)16-14(18)5-4-6-15(16)19;;/h4-11,22H,3H2,1-2H3;;/q;+1;-1. The number of benzene rings is 2. The first-order valence-electron chi connectivity index (χ1n) is 7.03. The molecule has 0 aromatic heterocycles. The van der Waals surface area contributed by atoms with Gasteiger partial charge in [0.25, 0.3) is 0 Å². The summed E-state index contributed by atoms with van der Waals surface area (Å²) < 4.78 is 5.72. The van der Waals surface area contributed by atoms with E-state index in [1.54, 1.807) is 18.2 Å². The Morgan fingerprint density at radius 2 is 1.74 bits per heavy atom. The fraction of sp³-hybridized carbons (Fsp3) is 0.235. The van der Waals surface area contributed by atoms with Crippen LogP contribution in [0.3, 0.4) is 0 Å². The van der Waals surface area contributed by atoms with Gasteiger partial charge in [-0.25, -0.2) is 0 Å². The normalized spacial score (nSPS) is 12.0. The predicted octanol–water partition coefficient (Wildman–Crippen LogP) is 2.43. The van der Waals surface area contributed by atoms with Crippen molar-refractivity contribution in [1.29, 1.82) is 0 Å². The minimum atomic E-state index is -0.0637. The van der Waals surface area contributed by atoms with Gasteiger partial charge in [0.05, 0.1) is 21.7 Å². The third kappa shape index (κ3) is 5.82. The van der Waals surface area contributed by atoms with Crippen LogP contribution in [-0.4, -0.2) is 11.6 Å². The summed E-state index contributed by atoms with van der Waals surface area (Å²) in [4.78, 5) is 12.4. The van der Waals surface area contributed by atoms with Crippen LogP contribution in [0.2, 0.25) is 10.0 Å². The number of carbonyl (C=O) groups excluding carboxylic acids is 1. The van der Waals surface area contributed by atoms with Crippen LogP contribution < -0.4 is 28.9 Å². The number of halogens is 2. The summed E-state index contributed by atoms with van der Waals surface area (Å²) in [5, 5.41) is 1.71. The summed E-state index contributed by atoms with van der Waals surface area (Å²) in [5.41, 5.74) is 0.329. The van der Waals surface area contributed by atoms with E-state index in [1.165, 1.54) is 0 Å². The Labute approximate surface area is 162 Å². The van der Waals surface area contributed by atoms with Gasteiger partial charge in [-0.1, -0.05) is 48.3 Å². The number of carbonyl (C=O) groups is 1. The van der Waals surface area contributed by atoms with Crippen molar-refractivity contribution in [2.24, 2.45) is 0 Å². The fourth-order valence-corrected chi connectivity index (χ4v) is 3.56. The number of rotatable bonds is 6. The zero-order valence-electron chi connectivity index (χ0n) is 14.4. The van der Waals surface area contributed by atoms with Gasteiger partial charge >= 0.3 is 18.9 Å². The van der Waals surface area contributed by atoms with Gasteiger partial charge in [-0.15, -0.1) is 0 Å². The van der Waals surface area contributed by atoms with Crippen LogP contribution in [0.15, 0.2) is 42.5 Å². The van der Waals surface area contributed by atoms with Gasteiger partial charge in [0, 0.05) is 0 Å². The van der Waals surface area contributed by atoms with Crippen molar-refractivity contribution in [2.45, 2.75) is 26.4 Å². The third-order valence-electron chi connectivity index (χ3n) is 3.21. The molecule has 0 aliphatic rings. The molecule has 2 atom stereocenters. The molecular formula is C17H18Cl2LiO2P. The minimum Gasteiger partial charge on any atom is -1.00 e. The maximum atomic E-state index is 12.4. The summed E-state index contributed by atoms with van der Waals surface area (Å²) in [6.07, 6.45) is 1.13. The van der Waals surface area contributed by atoms with E-state index in [2.05, 4.69) is 6.92 Å². The van der Waals surface area contributed by atoms with E-state index in [9.17, 15) is 4.79 Å². The van der Waals surface area contributed by atoms with Gasteiger partial charge in [0.1, 0.15) is 5.75 Å². The predicted molar refractivity (Wildman–Crippen MR) is 96.7 cm³/mol. The maximum Gasteiger partial charge on any atom is 1.00 e. The molecule has 0 heterocycles. The SMILES string of the molecule is CCC(C)Oc1ccc(PC(=O)c2c(Cl)cccc2Cl)cc1.[H-].[Li+]. The largest absolute Gasteiger partial charge is 1.00 e. The molecule has 0 spiro atoms. The molecule has 2 unspecified atom stereocenters. The summed E-state index contributed by atoms with van der Waals surface area (Å²) in [7, 11) is -0.0223. The molecule has 0 aliphatic carbocycles. The molecule has 0 radical (unpaired) electrons. The Balaban J connectivity index is 0.00000264. The summed E-state index contributed by atoms with van der Waals surface area (Å²) in [6, 6.07) is 12.7. The molecule has 0 fully saturated rings. The minimum absolute atomic E-state index is 0. The topological polar surface area (TPSA) is 26.3 Å². The van der Waals surface area contributed by atoms with Crippen LogP contribution in [-0.2, 0) is 0 Å². The van der Waals surface area contributed by atoms with E-state index < -0.39 is 0 Å². The number of hydrogen-bond acceptors (Lipinski definition) is 2. The molecule has 0 saturated heterocycles. The Bertz CT molecular complexity index is 648. The van der Waals surface area contributed by atoms with Crippen molar-refractivity contribution in [1.82, 2.24) is 0 Å². The van der Waals surface area contributed by atoms with E-state index >= 15 is 0 Å². The average Bonchev–Trinajstić information content (AvgIpc) is 2.49. The van der Waals surface area contributed by atoms with Crippen LogP contribution in [0.25, 0.3) is 0 Å². The Morgan fingerprint density at radius 3 is 2.26 bits per heavy atom. The summed E-state index contributed by atoms with van der Waals surface area (Å²) in [5.74, 6) is 0.811. The van der Waals surface area contributed by atoms with Gasteiger partial charge in [0.15, 0.2) is 5.52 Å². The van der Waals surface area contributed by atoms with Gasteiger partial charge in [-0.3, -0.25) is 4.79 Å². The zero-order valence-corrected chi connectivity index (χ0v) is 15.9. The van der Waals surface area contributed by atoms with Crippen molar-refractivity contribution in [3.63, 3.8) is 0 Å². The second-order valence-electron chi connectivity index (χ2n) is 4.91. The van der Waals surface area contributed by atoms with E-state index in [1.807, 2.05) is 31.2 Å². The number of ether oxygens (including phenoxy) is 1. The van der Waals surface area contributed by atoms with E-state index in [4.69, 9.17) is 27.9 Å². The molecule has 0 bridgehead atoms. The van der Waals surface area contributed by atoms with Gasteiger partial charge in [0.2, 0.25) is 0 Å². The summed E-state index contributed by atoms with van der Waals surface area (Å²) in [6.45, 7) is 4.10. The summed E-state index contributed by atoms with van der Waals surface area (Å²) >= 11 is 12.1. The zero-order chi connectivity index (χ0) is 16.1. The van der Waals surface area contributed by atoms with E-state index in [0.717, 1.165) is 17.5 Å². The maximum absolute atomic E-state index is 12.4. The molecular weight excluding hydrogens is 345 g/mol. The molecule has 0 aliphatic heterocycles. The second kappa shape index (κ2) is 9.73. The van der Waals surface area contributed by atoms with Crippen molar-refractivity contribution >= 4 is 42.6 Å². The fourth-order valence-electron chi connectivity index (χ4n) is 1.84. The number of hydrogen-bond donors (Lipinski definition) is 0. The smallest absolute Gasteiger partial charge is 1.00 e. The molecule has 6 heteroatoms. The molecule has 2 rings (SSSR count). The average molecular weight is 363 g/mol. The quantitative estimate of drug-likeness (QED) is 0.582. The molecule has 2 aromatic rings. The molecule has 0 amide bonds.